The summed E-state index contributed by atoms with van der Waals surface area (Å²) in [5, 5.41) is 18.5. The third-order valence-corrected chi connectivity index (χ3v) is 3.10. The molecule has 7 nitrogen and oxygen atoms in total. The predicted molar refractivity (Wildman–Crippen MR) is 82.8 cm³/mol. The molecule has 0 saturated carbocycles. The van der Waals surface area contributed by atoms with Crippen LogP contribution in [0.1, 0.15) is 45.9 Å². The van der Waals surface area contributed by atoms with Crippen LogP contribution in [0.5, 0.6) is 0 Å². The molecule has 0 saturated heterocycles. The summed E-state index contributed by atoms with van der Waals surface area (Å²) in [5.41, 5.74) is 0.475. The molecular formula is C14H26N4O3. The lowest BCUT2D eigenvalue weighted by molar-refractivity contribution is -0.384. The van der Waals surface area contributed by atoms with Gasteiger partial charge in [-0.05, 0) is 33.1 Å². The van der Waals surface area contributed by atoms with Gasteiger partial charge in [0.15, 0.2) is 0 Å². The minimum Gasteiger partial charge on any atom is -0.380 e. The highest BCUT2D eigenvalue weighted by atomic mass is 16.6. The molecule has 7 heteroatoms. The Morgan fingerprint density at radius 3 is 2.52 bits per heavy atom. The summed E-state index contributed by atoms with van der Waals surface area (Å²) in [7, 11) is 0. The quantitative estimate of drug-likeness (QED) is 0.430. The number of nitro groups is 1. The van der Waals surface area contributed by atoms with Crippen LogP contribution in [0.3, 0.4) is 0 Å². The molecule has 0 aliphatic carbocycles. The first-order chi connectivity index (χ1) is 9.84. The normalized spacial score (nSPS) is 11.4. The van der Waals surface area contributed by atoms with Gasteiger partial charge in [-0.15, -0.1) is 0 Å². The first kappa shape index (κ1) is 17.4. The number of hydrogen-bond donors (Lipinski definition) is 1. The van der Waals surface area contributed by atoms with Crippen molar-refractivity contribution in [2.75, 3.05) is 25.1 Å². The van der Waals surface area contributed by atoms with E-state index in [9.17, 15) is 10.1 Å². The lowest BCUT2D eigenvalue weighted by Crippen LogP contribution is -2.15. The van der Waals surface area contributed by atoms with Gasteiger partial charge in [0.05, 0.1) is 11.5 Å². The first-order valence-corrected chi connectivity index (χ1v) is 7.39. The topological polar surface area (TPSA) is 82.2 Å². The Bertz CT molecular complexity index is 469. The largest absolute Gasteiger partial charge is 0.380 e. The van der Waals surface area contributed by atoms with E-state index < -0.39 is 0 Å². The fourth-order valence-corrected chi connectivity index (χ4v) is 1.96. The van der Waals surface area contributed by atoms with E-state index >= 15 is 0 Å². The molecule has 0 aromatic carbocycles. The summed E-state index contributed by atoms with van der Waals surface area (Å²) in [6.07, 6.45) is 1.02. The van der Waals surface area contributed by atoms with Gasteiger partial charge >= 0.3 is 5.69 Å². The van der Waals surface area contributed by atoms with Gasteiger partial charge < -0.3 is 10.1 Å². The average Bonchev–Trinajstić information content (AvgIpc) is 2.70. The van der Waals surface area contributed by atoms with E-state index in [0.717, 1.165) is 6.42 Å². The molecule has 0 atom stereocenters. The molecule has 1 N–H and O–H groups in total. The standard InChI is InChI=1S/C14H26N4O3/c1-10(2)6-8-21-9-7-15-14-13(18(19)20)12(5)16-17(14)11(3)4/h10-11,15H,6-9H2,1-5H3. The Balaban J connectivity index is 2.62. The molecule has 0 bridgehead atoms. The lowest BCUT2D eigenvalue weighted by Gasteiger charge is -2.12. The Morgan fingerprint density at radius 2 is 2.00 bits per heavy atom. The van der Waals surface area contributed by atoms with E-state index in [2.05, 4.69) is 24.3 Å². The van der Waals surface area contributed by atoms with Crippen LogP contribution in [0.2, 0.25) is 0 Å². The summed E-state index contributed by atoms with van der Waals surface area (Å²) in [4.78, 5) is 10.8. The maximum Gasteiger partial charge on any atom is 0.333 e. The molecule has 0 fully saturated rings. The van der Waals surface area contributed by atoms with E-state index in [1.807, 2.05) is 13.8 Å². The third kappa shape index (κ3) is 5.00. The summed E-state index contributed by atoms with van der Waals surface area (Å²) < 4.78 is 7.17. The SMILES string of the molecule is Cc1nn(C(C)C)c(NCCOCCC(C)C)c1[N+](=O)[O-]. The van der Waals surface area contributed by atoms with Crippen molar-refractivity contribution in [3.63, 3.8) is 0 Å². The summed E-state index contributed by atoms with van der Waals surface area (Å²) in [5.74, 6) is 1.07. The van der Waals surface area contributed by atoms with Crippen LogP contribution in [0.25, 0.3) is 0 Å². The molecule has 1 aromatic heterocycles. The second-order valence-corrected chi connectivity index (χ2v) is 5.80. The molecule has 21 heavy (non-hydrogen) atoms. The maximum absolute atomic E-state index is 11.2. The number of aryl methyl sites for hydroxylation is 1. The van der Waals surface area contributed by atoms with Crippen molar-refractivity contribution in [3.8, 4) is 0 Å². The number of nitrogens with zero attached hydrogens (tertiary/aromatic N) is 3. The summed E-state index contributed by atoms with van der Waals surface area (Å²) in [6, 6.07) is 0.0572. The van der Waals surface area contributed by atoms with Crippen LogP contribution in [0.4, 0.5) is 11.5 Å². The van der Waals surface area contributed by atoms with E-state index in [1.165, 1.54) is 0 Å². The van der Waals surface area contributed by atoms with Gasteiger partial charge in [0.2, 0.25) is 5.82 Å². The van der Waals surface area contributed by atoms with Crippen LogP contribution in [0.15, 0.2) is 0 Å². The number of nitrogens with one attached hydrogen (secondary N) is 1. The van der Waals surface area contributed by atoms with Gasteiger partial charge in [0, 0.05) is 19.2 Å². The molecule has 0 aliphatic heterocycles. The van der Waals surface area contributed by atoms with E-state index in [0.29, 0.717) is 37.2 Å². The van der Waals surface area contributed by atoms with Crippen molar-refractivity contribution >= 4 is 11.5 Å². The van der Waals surface area contributed by atoms with E-state index in [4.69, 9.17) is 4.74 Å². The fraction of sp³-hybridized carbons (Fsp3) is 0.786. The Hall–Kier alpha value is -1.63. The highest BCUT2D eigenvalue weighted by molar-refractivity contribution is 5.59. The molecule has 0 radical (unpaired) electrons. The number of anilines is 1. The highest BCUT2D eigenvalue weighted by Gasteiger charge is 2.26. The average molecular weight is 298 g/mol. The minimum atomic E-state index is -0.386. The van der Waals surface area contributed by atoms with Crippen molar-refractivity contribution in [2.45, 2.75) is 47.1 Å². The highest BCUT2D eigenvalue weighted by Crippen LogP contribution is 2.30. The van der Waals surface area contributed by atoms with Crippen molar-refractivity contribution in [1.82, 2.24) is 9.78 Å². The van der Waals surface area contributed by atoms with Crippen LogP contribution in [-0.4, -0.2) is 34.5 Å². The molecule has 1 heterocycles. The number of ether oxygens (including phenoxy) is 1. The molecule has 1 aromatic rings. The zero-order valence-electron chi connectivity index (χ0n) is 13.5. The zero-order valence-corrected chi connectivity index (χ0v) is 13.5. The van der Waals surface area contributed by atoms with Crippen molar-refractivity contribution in [3.05, 3.63) is 15.8 Å². The molecule has 0 amide bonds. The van der Waals surface area contributed by atoms with Gasteiger partial charge in [-0.25, -0.2) is 4.68 Å². The minimum absolute atomic E-state index is 0.0471. The van der Waals surface area contributed by atoms with Gasteiger partial charge in [-0.3, -0.25) is 10.1 Å². The molecule has 0 spiro atoms. The van der Waals surface area contributed by atoms with Crippen molar-refractivity contribution < 1.29 is 9.66 Å². The lowest BCUT2D eigenvalue weighted by atomic mass is 10.1. The second kappa shape index (κ2) is 7.97. The van der Waals surface area contributed by atoms with Gasteiger partial charge in [-0.2, -0.15) is 5.10 Å². The van der Waals surface area contributed by atoms with Crippen LogP contribution < -0.4 is 5.32 Å². The fourth-order valence-electron chi connectivity index (χ4n) is 1.96. The first-order valence-electron chi connectivity index (χ1n) is 7.39. The number of rotatable bonds is 9. The second-order valence-electron chi connectivity index (χ2n) is 5.80. The zero-order chi connectivity index (χ0) is 16.0. The molecule has 1 rings (SSSR count). The van der Waals surface area contributed by atoms with E-state index in [-0.39, 0.29) is 16.7 Å². The van der Waals surface area contributed by atoms with Crippen molar-refractivity contribution in [2.24, 2.45) is 5.92 Å². The summed E-state index contributed by atoms with van der Waals surface area (Å²) >= 11 is 0. The van der Waals surface area contributed by atoms with Crippen LogP contribution in [0, 0.1) is 23.0 Å². The van der Waals surface area contributed by atoms with Gasteiger partial charge in [0.1, 0.15) is 5.69 Å². The molecule has 120 valence electrons. The Labute approximate surface area is 125 Å². The maximum atomic E-state index is 11.2. The molecule has 0 aliphatic rings. The molecule has 0 unspecified atom stereocenters. The number of hydrogen-bond acceptors (Lipinski definition) is 5. The van der Waals surface area contributed by atoms with Gasteiger partial charge in [-0.1, -0.05) is 13.8 Å². The molecular weight excluding hydrogens is 272 g/mol. The van der Waals surface area contributed by atoms with Gasteiger partial charge in [0.25, 0.3) is 0 Å². The van der Waals surface area contributed by atoms with E-state index in [1.54, 1.807) is 11.6 Å². The van der Waals surface area contributed by atoms with Crippen LogP contribution in [-0.2, 0) is 4.74 Å². The summed E-state index contributed by atoms with van der Waals surface area (Å²) in [6.45, 7) is 11.6. The Kier molecular flexibility index (Phi) is 6.61. The third-order valence-electron chi connectivity index (χ3n) is 3.10. The smallest absolute Gasteiger partial charge is 0.333 e. The predicted octanol–water partition coefficient (Wildman–Crippen LogP) is 3.16. The monoisotopic (exact) mass is 298 g/mol. The number of aromatic nitrogens is 2. The Morgan fingerprint density at radius 1 is 1.33 bits per heavy atom. The van der Waals surface area contributed by atoms with Crippen LogP contribution >= 0.6 is 0 Å². The van der Waals surface area contributed by atoms with Crippen molar-refractivity contribution in [1.29, 1.82) is 0 Å².